The molecule has 0 radical (unpaired) electrons. The van der Waals surface area contributed by atoms with Gasteiger partial charge in [-0.3, -0.25) is 4.79 Å². The van der Waals surface area contributed by atoms with Gasteiger partial charge < -0.3 is 10.6 Å². The third kappa shape index (κ3) is 3.71. The van der Waals surface area contributed by atoms with Gasteiger partial charge in [-0.05, 0) is 33.4 Å². The zero-order valence-electron chi connectivity index (χ0n) is 12.9. The lowest BCUT2D eigenvalue weighted by Gasteiger charge is -2.05. The number of halogens is 1. The molecule has 2 rings (SSSR count). The van der Waals surface area contributed by atoms with E-state index in [1.165, 1.54) is 0 Å². The SMILES string of the molecule is CCNCCNC(=O)c1c(C)nn2c(C)cc(C)nc12.Cl. The highest BCUT2D eigenvalue weighted by atomic mass is 35.5. The summed E-state index contributed by atoms with van der Waals surface area (Å²) in [4.78, 5) is 16.7. The number of nitrogens with zero attached hydrogens (tertiary/aromatic N) is 3. The molecule has 0 bridgehead atoms. The molecule has 0 aromatic carbocycles. The summed E-state index contributed by atoms with van der Waals surface area (Å²) in [5, 5.41) is 10.5. The minimum Gasteiger partial charge on any atom is -0.351 e. The molecule has 0 aliphatic rings. The molecule has 0 fully saturated rings. The fraction of sp³-hybridized carbons (Fsp3) is 0.500. The Morgan fingerprint density at radius 3 is 2.67 bits per heavy atom. The average molecular weight is 312 g/mol. The molecule has 21 heavy (non-hydrogen) atoms. The molecule has 6 nitrogen and oxygen atoms in total. The summed E-state index contributed by atoms with van der Waals surface area (Å²) < 4.78 is 1.72. The minimum atomic E-state index is -0.118. The smallest absolute Gasteiger partial charge is 0.257 e. The van der Waals surface area contributed by atoms with E-state index in [4.69, 9.17) is 0 Å². The van der Waals surface area contributed by atoms with Crippen LogP contribution in [0.25, 0.3) is 5.65 Å². The topological polar surface area (TPSA) is 71.3 Å². The van der Waals surface area contributed by atoms with Crippen LogP contribution in [0.4, 0.5) is 0 Å². The van der Waals surface area contributed by atoms with E-state index in [9.17, 15) is 4.79 Å². The molecule has 2 aromatic heterocycles. The number of hydrogen-bond acceptors (Lipinski definition) is 4. The van der Waals surface area contributed by atoms with Crippen molar-refractivity contribution >= 4 is 24.0 Å². The highest BCUT2D eigenvalue weighted by Crippen LogP contribution is 2.15. The summed E-state index contributed by atoms with van der Waals surface area (Å²) in [6, 6.07) is 1.95. The molecule has 0 aliphatic carbocycles. The first kappa shape index (κ1) is 17.4. The number of aromatic nitrogens is 3. The third-order valence-corrected chi connectivity index (χ3v) is 3.13. The van der Waals surface area contributed by atoms with Crippen LogP contribution in [0.3, 0.4) is 0 Å². The van der Waals surface area contributed by atoms with Crippen molar-refractivity contribution < 1.29 is 4.79 Å². The first-order valence-electron chi connectivity index (χ1n) is 6.87. The molecule has 0 saturated carbocycles. The van der Waals surface area contributed by atoms with Crippen LogP contribution in [-0.4, -0.2) is 40.1 Å². The lowest BCUT2D eigenvalue weighted by atomic mass is 10.2. The first-order chi connectivity index (χ1) is 9.54. The van der Waals surface area contributed by atoms with Gasteiger partial charge in [0, 0.05) is 24.5 Å². The zero-order valence-corrected chi connectivity index (χ0v) is 13.7. The highest BCUT2D eigenvalue weighted by molar-refractivity contribution is 6.01. The van der Waals surface area contributed by atoms with Gasteiger partial charge in [0.15, 0.2) is 5.65 Å². The molecule has 2 heterocycles. The molecule has 7 heteroatoms. The van der Waals surface area contributed by atoms with Crippen molar-refractivity contribution in [2.75, 3.05) is 19.6 Å². The van der Waals surface area contributed by atoms with Crippen molar-refractivity contribution in [2.24, 2.45) is 0 Å². The quantitative estimate of drug-likeness (QED) is 0.819. The van der Waals surface area contributed by atoms with Crippen molar-refractivity contribution in [3.05, 3.63) is 28.7 Å². The fourth-order valence-electron chi connectivity index (χ4n) is 2.22. The number of rotatable bonds is 5. The third-order valence-electron chi connectivity index (χ3n) is 3.13. The van der Waals surface area contributed by atoms with E-state index in [1.807, 2.05) is 33.8 Å². The highest BCUT2D eigenvalue weighted by Gasteiger charge is 2.19. The van der Waals surface area contributed by atoms with Crippen LogP contribution in [0.15, 0.2) is 6.07 Å². The molecular formula is C14H22ClN5O. The predicted octanol–water partition coefficient (Wildman–Crippen LogP) is 1.42. The molecule has 0 aliphatic heterocycles. The van der Waals surface area contributed by atoms with Crippen molar-refractivity contribution in [1.29, 1.82) is 0 Å². The van der Waals surface area contributed by atoms with E-state index in [2.05, 4.69) is 20.7 Å². The Bertz CT molecular complexity index is 638. The normalized spacial score (nSPS) is 10.5. The van der Waals surface area contributed by atoms with E-state index >= 15 is 0 Å². The van der Waals surface area contributed by atoms with E-state index in [1.54, 1.807) is 4.52 Å². The summed E-state index contributed by atoms with van der Waals surface area (Å²) in [7, 11) is 0. The Balaban J connectivity index is 0.00000220. The summed E-state index contributed by atoms with van der Waals surface area (Å²) in [5.74, 6) is -0.118. The van der Waals surface area contributed by atoms with Gasteiger partial charge in [-0.15, -0.1) is 12.4 Å². The summed E-state index contributed by atoms with van der Waals surface area (Å²) in [6.07, 6.45) is 0. The maximum absolute atomic E-state index is 12.3. The Morgan fingerprint density at radius 1 is 1.29 bits per heavy atom. The lowest BCUT2D eigenvalue weighted by Crippen LogP contribution is -2.32. The number of carbonyl (C=O) groups is 1. The molecular weight excluding hydrogens is 290 g/mol. The van der Waals surface area contributed by atoms with Gasteiger partial charge in [-0.1, -0.05) is 6.92 Å². The lowest BCUT2D eigenvalue weighted by molar-refractivity contribution is 0.0955. The second kappa shape index (κ2) is 7.38. The Kier molecular flexibility index (Phi) is 6.11. The van der Waals surface area contributed by atoms with Crippen LogP contribution in [0.1, 0.15) is 34.4 Å². The van der Waals surface area contributed by atoms with Crippen LogP contribution in [0, 0.1) is 20.8 Å². The van der Waals surface area contributed by atoms with E-state index in [-0.39, 0.29) is 18.3 Å². The maximum atomic E-state index is 12.3. The molecule has 0 saturated heterocycles. The Morgan fingerprint density at radius 2 is 2.00 bits per heavy atom. The van der Waals surface area contributed by atoms with Gasteiger partial charge >= 0.3 is 0 Å². The number of amides is 1. The molecule has 2 aromatic rings. The average Bonchev–Trinajstić information content (AvgIpc) is 2.71. The number of hydrogen-bond donors (Lipinski definition) is 2. The van der Waals surface area contributed by atoms with Crippen LogP contribution in [0.5, 0.6) is 0 Å². The summed E-state index contributed by atoms with van der Waals surface area (Å²) >= 11 is 0. The molecule has 0 unspecified atom stereocenters. The van der Waals surface area contributed by atoms with Gasteiger partial charge in [0.25, 0.3) is 5.91 Å². The number of carbonyl (C=O) groups excluding carboxylic acids is 1. The molecule has 116 valence electrons. The van der Waals surface area contributed by atoms with Crippen molar-refractivity contribution in [3.8, 4) is 0 Å². The molecule has 2 N–H and O–H groups in total. The first-order valence-corrected chi connectivity index (χ1v) is 6.87. The van der Waals surface area contributed by atoms with Crippen LogP contribution in [0.2, 0.25) is 0 Å². The standard InChI is InChI=1S/C14H21N5O.ClH/c1-5-15-6-7-16-14(20)12-11(4)18-19-10(3)8-9(2)17-13(12)19;/h8,15H,5-7H2,1-4H3,(H,16,20);1H. The molecule has 0 spiro atoms. The van der Waals surface area contributed by atoms with Crippen LogP contribution < -0.4 is 10.6 Å². The Hall–Kier alpha value is -1.66. The zero-order chi connectivity index (χ0) is 14.7. The number of aryl methyl sites for hydroxylation is 3. The number of fused-ring (bicyclic) bond motifs is 1. The minimum absolute atomic E-state index is 0. The van der Waals surface area contributed by atoms with Crippen molar-refractivity contribution in [1.82, 2.24) is 25.2 Å². The second-order valence-electron chi connectivity index (χ2n) is 4.84. The van der Waals surface area contributed by atoms with Crippen LogP contribution in [-0.2, 0) is 0 Å². The van der Waals surface area contributed by atoms with Gasteiger partial charge in [0.05, 0.1) is 5.69 Å². The van der Waals surface area contributed by atoms with Gasteiger partial charge in [0.1, 0.15) is 5.56 Å². The molecule has 0 atom stereocenters. The Labute approximate surface area is 130 Å². The van der Waals surface area contributed by atoms with Gasteiger partial charge in [0.2, 0.25) is 0 Å². The van der Waals surface area contributed by atoms with E-state index in [0.717, 1.165) is 24.5 Å². The number of nitrogens with one attached hydrogen (secondary N) is 2. The van der Waals surface area contributed by atoms with Gasteiger partial charge in [-0.25, -0.2) is 9.50 Å². The maximum Gasteiger partial charge on any atom is 0.257 e. The summed E-state index contributed by atoms with van der Waals surface area (Å²) in [5.41, 5.74) is 3.75. The van der Waals surface area contributed by atoms with Gasteiger partial charge in [-0.2, -0.15) is 5.10 Å². The van der Waals surface area contributed by atoms with E-state index in [0.29, 0.717) is 23.4 Å². The largest absolute Gasteiger partial charge is 0.351 e. The van der Waals surface area contributed by atoms with E-state index < -0.39 is 0 Å². The van der Waals surface area contributed by atoms with Crippen molar-refractivity contribution in [2.45, 2.75) is 27.7 Å². The second-order valence-corrected chi connectivity index (χ2v) is 4.84. The van der Waals surface area contributed by atoms with Crippen LogP contribution >= 0.6 is 12.4 Å². The fourth-order valence-corrected chi connectivity index (χ4v) is 2.22. The monoisotopic (exact) mass is 311 g/mol. The summed E-state index contributed by atoms with van der Waals surface area (Å²) in [6.45, 7) is 9.99. The molecule has 1 amide bonds. The van der Waals surface area contributed by atoms with Crippen molar-refractivity contribution in [3.63, 3.8) is 0 Å². The number of likely N-dealkylation sites (N-methyl/N-ethyl adjacent to an activating group) is 1. The predicted molar refractivity (Wildman–Crippen MR) is 85.3 cm³/mol.